The molecule has 0 spiro atoms. The monoisotopic (exact) mass is 515 g/mol. The number of hydrogen-bond acceptors (Lipinski definition) is 8. The van der Waals surface area contributed by atoms with Crippen molar-refractivity contribution in [2.45, 2.75) is 32.9 Å². The second-order valence-corrected chi connectivity index (χ2v) is 10.3. The molecule has 1 aromatic carbocycles. The van der Waals surface area contributed by atoms with Crippen LogP contribution in [0.2, 0.25) is 0 Å². The van der Waals surface area contributed by atoms with E-state index < -0.39 is 5.60 Å². The summed E-state index contributed by atoms with van der Waals surface area (Å²) in [5, 5.41) is 3.30. The van der Waals surface area contributed by atoms with E-state index in [1.165, 1.54) is 0 Å². The van der Waals surface area contributed by atoms with Gasteiger partial charge in [0.05, 0.1) is 24.3 Å². The maximum atomic E-state index is 12.3. The third-order valence-corrected chi connectivity index (χ3v) is 6.30. The van der Waals surface area contributed by atoms with Gasteiger partial charge in [-0.2, -0.15) is 0 Å². The molecule has 198 valence electrons. The molecule has 1 saturated heterocycles. The quantitative estimate of drug-likeness (QED) is 0.376. The van der Waals surface area contributed by atoms with Crippen LogP contribution in [0.4, 0.5) is 16.6 Å². The van der Waals surface area contributed by atoms with Crippen molar-refractivity contribution in [3.8, 4) is 16.9 Å². The second kappa shape index (κ2) is 10.7. The molecule has 4 aromatic rings. The predicted molar refractivity (Wildman–Crippen MR) is 146 cm³/mol. The number of H-pyrrole nitrogens is 1. The van der Waals surface area contributed by atoms with E-state index in [9.17, 15) is 4.79 Å². The van der Waals surface area contributed by atoms with Crippen molar-refractivity contribution in [3.63, 3.8) is 0 Å². The van der Waals surface area contributed by atoms with Gasteiger partial charge in [0, 0.05) is 50.7 Å². The molecule has 0 bridgehead atoms. The van der Waals surface area contributed by atoms with E-state index >= 15 is 0 Å². The first kappa shape index (κ1) is 25.5. The van der Waals surface area contributed by atoms with Crippen LogP contribution >= 0.6 is 0 Å². The lowest BCUT2D eigenvalue weighted by atomic mass is 10.1. The van der Waals surface area contributed by atoms with Crippen LogP contribution in [0.5, 0.6) is 5.75 Å². The van der Waals surface area contributed by atoms with Gasteiger partial charge in [-0.3, -0.25) is 9.88 Å². The number of carbonyl (C=O) groups excluding carboxylic acids is 1. The topological polar surface area (TPSA) is 108 Å². The minimum Gasteiger partial charge on any atom is -0.494 e. The highest BCUT2D eigenvalue weighted by Crippen LogP contribution is 2.31. The van der Waals surface area contributed by atoms with Crippen molar-refractivity contribution in [2.24, 2.45) is 0 Å². The summed E-state index contributed by atoms with van der Waals surface area (Å²) < 4.78 is 11.0. The summed E-state index contributed by atoms with van der Waals surface area (Å²) in [5.41, 5.74) is 4.39. The van der Waals surface area contributed by atoms with Crippen LogP contribution in [0.3, 0.4) is 0 Å². The lowest BCUT2D eigenvalue weighted by Gasteiger charge is -2.35. The molecule has 4 heterocycles. The Balaban J connectivity index is 1.22. The first-order valence-electron chi connectivity index (χ1n) is 12.7. The standard InChI is InChI=1S/C28H33N7O3/c1-28(2,3)38-27(36)35-13-11-34(12-14-35)18-19-7-10-30-25(15-19)33-26-31-22-6-5-20(16-23(22)32-26)21-8-9-29-17-24(21)37-4/h5-10,15-17H,11-14,18H2,1-4H3,(H2,30,31,32,33). The number of carbonyl (C=O) groups is 1. The molecule has 0 atom stereocenters. The van der Waals surface area contributed by atoms with Crippen LogP contribution in [0.1, 0.15) is 26.3 Å². The average molecular weight is 516 g/mol. The van der Waals surface area contributed by atoms with E-state index in [4.69, 9.17) is 9.47 Å². The van der Waals surface area contributed by atoms with E-state index in [0.717, 1.165) is 53.1 Å². The first-order chi connectivity index (χ1) is 18.3. The van der Waals surface area contributed by atoms with Gasteiger partial charge in [0.1, 0.15) is 17.2 Å². The molecular weight excluding hydrogens is 482 g/mol. The SMILES string of the molecule is COc1cnccc1-c1ccc2nc(Nc3cc(CN4CCN(C(=O)OC(C)(C)C)CC4)ccn3)[nH]c2c1. The molecule has 0 radical (unpaired) electrons. The molecule has 3 aromatic heterocycles. The zero-order valence-corrected chi connectivity index (χ0v) is 22.2. The molecule has 10 nitrogen and oxygen atoms in total. The van der Waals surface area contributed by atoms with E-state index in [2.05, 4.69) is 30.2 Å². The van der Waals surface area contributed by atoms with Crippen LogP contribution < -0.4 is 10.1 Å². The van der Waals surface area contributed by atoms with Crippen molar-refractivity contribution >= 4 is 28.9 Å². The Hall–Kier alpha value is -4.18. The van der Waals surface area contributed by atoms with Gasteiger partial charge in [-0.15, -0.1) is 0 Å². The number of methoxy groups -OCH3 is 1. The second-order valence-electron chi connectivity index (χ2n) is 10.3. The fraction of sp³-hybridized carbons (Fsp3) is 0.357. The van der Waals surface area contributed by atoms with E-state index in [0.29, 0.717) is 24.9 Å². The minimum atomic E-state index is -0.482. The summed E-state index contributed by atoms with van der Waals surface area (Å²) in [7, 11) is 1.64. The Kier molecular flexibility index (Phi) is 7.15. The Morgan fingerprint density at radius 2 is 1.89 bits per heavy atom. The Labute approximate surface area is 222 Å². The van der Waals surface area contributed by atoms with Crippen LogP contribution in [0, 0.1) is 0 Å². The van der Waals surface area contributed by atoms with Gasteiger partial charge in [-0.25, -0.2) is 14.8 Å². The van der Waals surface area contributed by atoms with Crippen molar-refractivity contribution in [1.29, 1.82) is 0 Å². The van der Waals surface area contributed by atoms with E-state index in [-0.39, 0.29) is 6.09 Å². The maximum Gasteiger partial charge on any atom is 0.410 e. The third-order valence-electron chi connectivity index (χ3n) is 6.30. The number of pyridine rings is 2. The van der Waals surface area contributed by atoms with Crippen LogP contribution in [-0.4, -0.2) is 74.7 Å². The molecule has 1 fully saturated rings. The summed E-state index contributed by atoms with van der Waals surface area (Å²) in [4.78, 5) is 33.1. The summed E-state index contributed by atoms with van der Waals surface area (Å²) >= 11 is 0. The number of ether oxygens (including phenoxy) is 2. The normalized spacial score (nSPS) is 14.5. The molecule has 2 N–H and O–H groups in total. The van der Waals surface area contributed by atoms with E-state index in [1.54, 1.807) is 30.6 Å². The van der Waals surface area contributed by atoms with Gasteiger partial charge in [-0.05, 0) is 62.2 Å². The first-order valence-corrected chi connectivity index (χ1v) is 12.7. The summed E-state index contributed by atoms with van der Waals surface area (Å²) in [5.74, 6) is 2.05. The maximum absolute atomic E-state index is 12.3. The van der Waals surface area contributed by atoms with Crippen LogP contribution in [-0.2, 0) is 11.3 Å². The fourth-order valence-corrected chi connectivity index (χ4v) is 4.45. The fourth-order valence-electron chi connectivity index (χ4n) is 4.45. The molecule has 0 saturated carbocycles. The smallest absolute Gasteiger partial charge is 0.410 e. The van der Waals surface area contributed by atoms with Crippen molar-refractivity contribution in [1.82, 2.24) is 29.7 Å². The Morgan fingerprint density at radius 3 is 2.66 bits per heavy atom. The van der Waals surface area contributed by atoms with Gasteiger partial charge >= 0.3 is 6.09 Å². The summed E-state index contributed by atoms with van der Waals surface area (Å²) in [6, 6.07) is 12.0. The number of imidazole rings is 1. The Bertz CT molecular complexity index is 1420. The third kappa shape index (κ3) is 6.03. The van der Waals surface area contributed by atoms with Gasteiger partial charge in [-0.1, -0.05) is 6.07 Å². The molecule has 1 aliphatic heterocycles. The summed E-state index contributed by atoms with van der Waals surface area (Å²) in [6.45, 7) is 9.32. The van der Waals surface area contributed by atoms with Gasteiger partial charge in [0.25, 0.3) is 0 Å². The van der Waals surface area contributed by atoms with Gasteiger partial charge in [0.15, 0.2) is 0 Å². The molecule has 5 rings (SSSR count). The molecule has 0 aliphatic carbocycles. The number of hydrogen-bond donors (Lipinski definition) is 2. The number of anilines is 2. The van der Waals surface area contributed by atoms with Crippen molar-refractivity contribution in [2.75, 3.05) is 38.6 Å². The number of nitrogens with zero attached hydrogens (tertiary/aromatic N) is 5. The van der Waals surface area contributed by atoms with Gasteiger partial charge < -0.3 is 24.7 Å². The number of fused-ring (bicyclic) bond motifs is 1. The molecule has 38 heavy (non-hydrogen) atoms. The highest BCUT2D eigenvalue weighted by atomic mass is 16.6. The summed E-state index contributed by atoms with van der Waals surface area (Å²) in [6.07, 6.45) is 5.01. The zero-order chi connectivity index (χ0) is 26.7. The number of benzene rings is 1. The van der Waals surface area contributed by atoms with Crippen molar-refractivity contribution in [3.05, 3.63) is 60.6 Å². The molecule has 0 unspecified atom stereocenters. The molecule has 1 amide bonds. The number of nitrogens with one attached hydrogen (secondary N) is 2. The molecular formula is C28H33N7O3. The number of piperazine rings is 1. The molecule has 10 heteroatoms. The lowest BCUT2D eigenvalue weighted by molar-refractivity contribution is 0.0139. The van der Waals surface area contributed by atoms with E-state index in [1.807, 2.05) is 57.2 Å². The Morgan fingerprint density at radius 1 is 1.08 bits per heavy atom. The van der Waals surface area contributed by atoms with Gasteiger partial charge in [0.2, 0.25) is 5.95 Å². The minimum absolute atomic E-state index is 0.245. The number of aromatic amines is 1. The largest absolute Gasteiger partial charge is 0.494 e. The van der Waals surface area contributed by atoms with Crippen LogP contribution in [0.15, 0.2) is 55.0 Å². The number of aromatic nitrogens is 4. The number of amides is 1. The highest BCUT2D eigenvalue weighted by molar-refractivity contribution is 5.85. The predicted octanol–water partition coefficient (Wildman–Crippen LogP) is 4.82. The van der Waals surface area contributed by atoms with Crippen LogP contribution in [0.25, 0.3) is 22.2 Å². The zero-order valence-electron chi connectivity index (χ0n) is 22.2. The van der Waals surface area contributed by atoms with Crippen molar-refractivity contribution < 1.29 is 14.3 Å². The highest BCUT2D eigenvalue weighted by Gasteiger charge is 2.25. The average Bonchev–Trinajstić information content (AvgIpc) is 3.29. The molecule has 1 aliphatic rings. The lowest BCUT2D eigenvalue weighted by Crippen LogP contribution is -2.49. The number of rotatable bonds is 6.